The molecule has 2 aliphatic rings. The zero-order valence-electron chi connectivity index (χ0n) is 20.4. The number of hydrogen-bond acceptors (Lipinski definition) is 8. The highest BCUT2D eigenvalue weighted by molar-refractivity contribution is 8.04. The molecule has 0 aliphatic carbocycles. The lowest BCUT2D eigenvalue weighted by molar-refractivity contribution is -0.137. The number of anilines is 2. The van der Waals surface area contributed by atoms with Gasteiger partial charge in [0, 0.05) is 37.6 Å². The molecular weight excluding hydrogens is 480 g/mol. The van der Waals surface area contributed by atoms with Crippen molar-refractivity contribution in [2.75, 3.05) is 56.5 Å². The summed E-state index contributed by atoms with van der Waals surface area (Å²) in [5, 5.41) is 18.2. The summed E-state index contributed by atoms with van der Waals surface area (Å²) in [4.78, 5) is 41.0. The first-order chi connectivity index (χ1) is 17.5. The second kappa shape index (κ2) is 13.6. The molecule has 0 saturated carbocycles. The van der Waals surface area contributed by atoms with Gasteiger partial charge in [-0.1, -0.05) is 24.4 Å². The van der Waals surface area contributed by atoms with Gasteiger partial charge in [0.05, 0.1) is 0 Å². The number of rotatable bonds is 11. The summed E-state index contributed by atoms with van der Waals surface area (Å²) in [6.45, 7) is 9.53. The first-order valence-corrected chi connectivity index (χ1v) is 12.9. The maximum atomic E-state index is 12.9. The molecule has 1 aromatic carbocycles. The molecule has 0 radical (unpaired) electrons. The lowest BCUT2D eigenvalue weighted by atomic mass is 10.2. The molecule has 3 amide bonds. The number of carbonyl (C=O) groups excluding carboxylic acids is 3. The number of nitrogens with one attached hydrogen (secondary N) is 3. The van der Waals surface area contributed by atoms with Crippen molar-refractivity contribution in [1.82, 2.24) is 15.1 Å². The van der Waals surface area contributed by atoms with Gasteiger partial charge in [-0.15, -0.1) is 0 Å². The van der Waals surface area contributed by atoms with Gasteiger partial charge in [0.15, 0.2) is 5.57 Å². The Labute approximate surface area is 215 Å². The molecule has 192 valence electrons. The highest BCUT2D eigenvalue weighted by Crippen LogP contribution is 2.37. The maximum absolute atomic E-state index is 12.9. The topological polar surface area (TPSA) is 127 Å². The van der Waals surface area contributed by atoms with Crippen LogP contribution in [0.2, 0.25) is 0 Å². The largest absolute Gasteiger partial charge is 0.457 e. The van der Waals surface area contributed by atoms with E-state index in [1.165, 1.54) is 35.6 Å². The number of hydrogen-bond donors (Lipinski definition) is 3. The molecule has 1 atom stereocenters. The minimum atomic E-state index is -0.775. The monoisotopic (exact) mass is 512 g/mol. The van der Waals surface area contributed by atoms with Crippen molar-refractivity contribution in [3.63, 3.8) is 0 Å². The second-order valence-electron chi connectivity index (χ2n) is 8.26. The number of carbonyl (C=O) groups is 3. The third-order valence-electron chi connectivity index (χ3n) is 5.77. The Kier molecular flexibility index (Phi) is 10.2. The van der Waals surface area contributed by atoms with Gasteiger partial charge in [-0.25, -0.2) is 9.59 Å². The zero-order chi connectivity index (χ0) is 25.9. The summed E-state index contributed by atoms with van der Waals surface area (Å²) in [5.74, 6) is -0.957. The molecule has 3 rings (SSSR count). The maximum Gasteiger partial charge on any atom is 0.351 e. The number of benzene rings is 1. The van der Waals surface area contributed by atoms with Crippen LogP contribution >= 0.6 is 11.8 Å². The normalized spacial score (nSPS) is 18.9. The van der Waals surface area contributed by atoms with Crippen molar-refractivity contribution in [1.29, 1.82) is 5.26 Å². The van der Waals surface area contributed by atoms with Crippen LogP contribution in [0.25, 0.3) is 0 Å². The quantitative estimate of drug-likeness (QED) is 0.179. The van der Waals surface area contributed by atoms with Crippen LogP contribution < -0.4 is 16.0 Å². The van der Waals surface area contributed by atoms with E-state index in [-0.39, 0.29) is 24.1 Å². The molecule has 0 bridgehead atoms. The Morgan fingerprint density at radius 1 is 1.25 bits per heavy atom. The number of urea groups is 1. The molecule has 0 spiro atoms. The number of esters is 1. The zero-order valence-corrected chi connectivity index (χ0v) is 21.2. The van der Waals surface area contributed by atoms with Gasteiger partial charge in [-0.2, -0.15) is 5.26 Å². The van der Waals surface area contributed by atoms with Gasteiger partial charge in [-0.3, -0.25) is 4.79 Å². The van der Waals surface area contributed by atoms with Crippen molar-refractivity contribution >= 4 is 41.0 Å². The number of likely N-dealkylation sites (tertiary alicyclic amines) is 1. The molecule has 1 aromatic rings. The van der Waals surface area contributed by atoms with Crippen molar-refractivity contribution in [2.24, 2.45) is 0 Å². The van der Waals surface area contributed by atoms with Gasteiger partial charge in [-0.05, 0) is 57.1 Å². The van der Waals surface area contributed by atoms with Crippen molar-refractivity contribution in [2.45, 2.75) is 25.0 Å². The molecular formula is C25H32N6O4S. The SMILES string of the molecule is C=CCOC(=O)/C(C#N)=C1\S[C@@H](CNc2ccc(NC(=O)NCCN3CCCC3)cc2)C(=O)N1CC. The first kappa shape index (κ1) is 27.1. The van der Waals surface area contributed by atoms with Crippen molar-refractivity contribution in [3.8, 4) is 6.07 Å². The van der Waals surface area contributed by atoms with Crippen LogP contribution in [0.3, 0.4) is 0 Å². The van der Waals surface area contributed by atoms with Crippen molar-refractivity contribution in [3.05, 3.63) is 47.5 Å². The number of thioether (sulfide) groups is 1. The van der Waals surface area contributed by atoms with Gasteiger partial charge >= 0.3 is 12.0 Å². The van der Waals surface area contributed by atoms with E-state index in [1.807, 2.05) is 18.2 Å². The fourth-order valence-electron chi connectivity index (χ4n) is 3.92. The summed E-state index contributed by atoms with van der Waals surface area (Å²) < 4.78 is 4.99. The van der Waals surface area contributed by atoms with Crippen LogP contribution in [0.5, 0.6) is 0 Å². The third kappa shape index (κ3) is 7.26. The van der Waals surface area contributed by atoms with E-state index in [1.54, 1.807) is 19.1 Å². The number of ether oxygens (including phenoxy) is 1. The van der Waals surface area contributed by atoms with Crippen LogP contribution in [0.15, 0.2) is 47.5 Å². The summed E-state index contributed by atoms with van der Waals surface area (Å²) in [7, 11) is 0. The predicted octanol–water partition coefficient (Wildman–Crippen LogP) is 2.74. The van der Waals surface area contributed by atoms with Crippen LogP contribution in [-0.2, 0) is 14.3 Å². The number of nitrogens with zero attached hydrogens (tertiary/aromatic N) is 3. The third-order valence-corrected chi connectivity index (χ3v) is 7.07. The van der Waals surface area contributed by atoms with Crippen LogP contribution in [0.4, 0.5) is 16.2 Å². The molecule has 3 N–H and O–H groups in total. The highest BCUT2D eigenvalue weighted by Gasteiger charge is 2.39. The average molecular weight is 513 g/mol. The van der Waals surface area contributed by atoms with Crippen LogP contribution in [-0.4, -0.2) is 78.8 Å². The Morgan fingerprint density at radius 3 is 2.58 bits per heavy atom. The molecule has 11 heteroatoms. The van der Waals surface area contributed by atoms with Gasteiger partial charge < -0.3 is 30.5 Å². The van der Waals surface area contributed by atoms with E-state index in [2.05, 4.69) is 27.4 Å². The van der Waals surface area contributed by atoms with Gasteiger partial charge in [0.2, 0.25) is 5.91 Å². The van der Waals surface area contributed by atoms with E-state index in [4.69, 9.17) is 4.74 Å². The lowest BCUT2D eigenvalue weighted by Crippen LogP contribution is -2.35. The molecule has 2 heterocycles. The van der Waals surface area contributed by atoms with Gasteiger partial charge in [0.25, 0.3) is 0 Å². The fourth-order valence-corrected chi connectivity index (χ4v) is 5.18. The Bertz CT molecular complexity index is 1030. The second-order valence-corrected chi connectivity index (χ2v) is 9.45. The molecule has 2 aliphatic heterocycles. The average Bonchev–Trinajstić information content (AvgIpc) is 3.50. The Balaban J connectivity index is 1.51. The fraction of sp³-hybridized carbons (Fsp3) is 0.440. The number of nitriles is 1. The minimum Gasteiger partial charge on any atom is -0.457 e. The van der Waals surface area contributed by atoms with E-state index in [0.29, 0.717) is 30.4 Å². The summed E-state index contributed by atoms with van der Waals surface area (Å²) in [6, 6.07) is 8.80. The van der Waals surface area contributed by atoms with Crippen LogP contribution in [0.1, 0.15) is 19.8 Å². The van der Waals surface area contributed by atoms with Crippen molar-refractivity contribution < 1.29 is 19.1 Å². The molecule has 0 aromatic heterocycles. The first-order valence-electron chi connectivity index (χ1n) is 12.0. The molecule has 0 unspecified atom stereocenters. The molecule has 2 saturated heterocycles. The summed E-state index contributed by atoms with van der Waals surface area (Å²) >= 11 is 1.17. The van der Waals surface area contributed by atoms with E-state index in [9.17, 15) is 19.6 Å². The van der Waals surface area contributed by atoms with Crippen LogP contribution in [0, 0.1) is 11.3 Å². The van der Waals surface area contributed by atoms with Gasteiger partial charge in [0.1, 0.15) is 23.0 Å². The highest BCUT2D eigenvalue weighted by atomic mass is 32.2. The number of amides is 3. The molecule has 36 heavy (non-hydrogen) atoms. The van der Waals surface area contributed by atoms with E-state index >= 15 is 0 Å². The Hall–Kier alpha value is -3.49. The summed E-state index contributed by atoms with van der Waals surface area (Å²) in [6.07, 6.45) is 3.86. The molecule has 10 nitrogen and oxygen atoms in total. The summed E-state index contributed by atoms with van der Waals surface area (Å²) in [5.41, 5.74) is 1.24. The Morgan fingerprint density at radius 2 is 1.94 bits per heavy atom. The standard InChI is InChI=1S/C25H32N6O4S/c1-3-15-35-24(33)20(16-26)23-31(4-2)22(32)21(36-23)17-28-18-7-9-19(10-8-18)29-25(34)27-11-14-30-12-5-6-13-30/h3,7-10,21,28H,1,4-6,11-15,17H2,2H3,(H2,27,29,34)/b23-20-/t21-/m0/s1. The van der Waals surface area contributed by atoms with E-state index in [0.717, 1.165) is 25.3 Å². The smallest absolute Gasteiger partial charge is 0.351 e. The predicted molar refractivity (Wildman–Crippen MR) is 140 cm³/mol. The van der Waals surface area contributed by atoms with E-state index < -0.39 is 11.2 Å². The lowest BCUT2D eigenvalue weighted by Gasteiger charge is -2.16. The minimum absolute atomic E-state index is 0.0157. The molecule has 2 fully saturated rings.